The van der Waals surface area contributed by atoms with Crippen LogP contribution in [0.5, 0.6) is 0 Å². The Bertz CT molecular complexity index is 318. The minimum absolute atomic E-state index is 0.343. The maximum Gasteiger partial charge on any atom is 0.163 e. The van der Waals surface area contributed by atoms with Gasteiger partial charge in [0.1, 0.15) is 0 Å². The van der Waals surface area contributed by atoms with Crippen LogP contribution in [0.3, 0.4) is 0 Å². The zero-order valence-corrected chi connectivity index (χ0v) is 9.12. The Morgan fingerprint density at radius 2 is 2.15 bits per heavy atom. The van der Waals surface area contributed by atoms with Gasteiger partial charge in [0.05, 0.1) is 0 Å². The summed E-state index contributed by atoms with van der Waals surface area (Å²) < 4.78 is 14.7. The second-order valence-electron chi connectivity index (χ2n) is 3.17. The van der Waals surface area contributed by atoms with Crippen molar-refractivity contribution in [3.8, 4) is 0 Å². The van der Waals surface area contributed by atoms with Gasteiger partial charge in [0.2, 0.25) is 0 Å². The van der Waals surface area contributed by atoms with Crippen molar-refractivity contribution in [2.24, 2.45) is 0 Å². The van der Waals surface area contributed by atoms with Crippen molar-refractivity contribution in [2.75, 3.05) is 13.1 Å². The minimum atomic E-state index is -1.29. The van der Waals surface area contributed by atoms with Gasteiger partial charge in [-0.05, 0) is 12.1 Å². The molecule has 1 nitrogen and oxygen atoms in total. The molecular weight excluding hydrogens is 256 g/mol. The van der Waals surface area contributed by atoms with Crippen molar-refractivity contribution < 1.29 is 4.39 Å². The SMILES string of the molecule is FC1(c2c(Cl)cccc2Br)CNC1. The molecule has 0 spiro atoms. The fourth-order valence-electron chi connectivity index (χ4n) is 1.45. The summed E-state index contributed by atoms with van der Waals surface area (Å²) in [6.45, 7) is 0.685. The van der Waals surface area contributed by atoms with Crippen molar-refractivity contribution in [1.82, 2.24) is 5.32 Å². The van der Waals surface area contributed by atoms with Crippen LogP contribution in [0, 0.1) is 0 Å². The molecule has 0 atom stereocenters. The largest absolute Gasteiger partial charge is 0.310 e. The standard InChI is InChI=1S/C9H8BrClFN/c10-6-2-1-3-7(11)8(6)9(12)4-13-5-9/h1-3,13H,4-5H2. The Morgan fingerprint density at radius 1 is 1.46 bits per heavy atom. The van der Waals surface area contributed by atoms with E-state index in [0.717, 1.165) is 4.47 Å². The van der Waals surface area contributed by atoms with Crippen LogP contribution in [-0.4, -0.2) is 13.1 Å². The molecule has 0 amide bonds. The molecule has 1 aliphatic heterocycles. The second-order valence-corrected chi connectivity index (χ2v) is 4.43. The molecular formula is C9H8BrClFN. The highest BCUT2D eigenvalue weighted by atomic mass is 79.9. The summed E-state index contributed by atoms with van der Waals surface area (Å²) in [6, 6.07) is 5.31. The molecule has 0 unspecified atom stereocenters. The van der Waals surface area contributed by atoms with Gasteiger partial charge in [-0.2, -0.15) is 0 Å². The summed E-state index contributed by atoms with van der Waals surface area (Å²) in [5, 5.41) is 3.38. The predicted molar refractivity (Wildman–Crippen MR) is 54.8 cm³/mol. The second kappa shape index (κ2) is 3.23. The first-order valence-corrected chi connectivity index (χ1v) is 5.15. The van der Waals surface area contributed by atoms with Gasteiger partial charge in [-0.15, -0.1) is 0 Å². The van der Waals surface area contributed by atoms with E-state index in [0.29, 0.717) is 23.7 Å². The summed E-state index contributed by atoms with van der Waals surface area (Å²) in [5.41, 5.74) is -0.729. The molecule has 1 aliphatic rings. The van der Waals surface area contributed by atoms with Crippen LogP contribution in [0.4, 0.5) is 4.39 Å². The number of nitrogens with one attached hydrogen (secondary N) is 1. The highest BCUT2D eigenvalue weighted by Gasteiger charge is 2.41. The summed E-state index contributed by atoms with van der Waals surface area (Å²) in [4.78, 5) is 0. The lowest BCUT2D eigenvalue weighted by molar-refractivity contribution is 0.0884. The van der Waals surface area contributed by atoms with Crippen LogP contribution in [0.25, 0.3) is 0 Å². The molecule has 2 rings (SSSR count). The smallest absolute Gasteiger partial charge is 0.163 e. The van der Waals surface area contributed by atoms with Crippen molar-refractivity contribution in [3.63, 3.8) is 0 Å². The molecule has 1 aromatic carbocycles. The van der Waals surface area contributed by atoms with Gasteiger partial charge in [0.25, 0.3) is 0 Å². The van der Waals surface area contributed by atoms with Crippen LogP contribution in [0.15, 0.2) is 22.7 Å². The van der Waals surface area contributed by atoms with Gasteiger partial charge in [-0.1, -0.05) is 33.6 Å². The lowest BCUT2D eigenvalue weighted by Gasteiger charge is -2.36. The summed E-state index contributed by atoms with van der Waals surface area (Å²) >= 11 is 9.23. The quantitative estimate of drug-likeness (QED) is 0.822. The molecule has 0 bridgehead atoms. The Balaban J connectivity index is 2.49. The van der Waals surface area contributed by atoms with Crippen molar-refractivity contribution >= 4 is 27.5 Å². The number of hydrogen-bond acceptors (Lipinski definition) is 1. The Morgan fingerprint density at radius 3 is 2.62 bits per heavy atom. The number of rotatable bonds is 1. The van der Waals surface area contributed by atoms with Crippen LogP contribution in [0.1, 0.15) is 5.56 Å². The first-order valence-electron chi connectivity index (χ1n) is 3.98. The van der Waals surface area contributed by atoms with E-state index >= 15 is 0 Å². The number of alkyl halides is 1. The van der Waals surface area contributed by atoms with E-state index in [2.05, 4.69) is 21.2 Å². The van der Waals surface area contributed by atoms with E-state index in [9.17, 15) is 4.39 Å². The molecule has 1 fully saturated rings. The molecule has 1 N–H and O–H groups in total. The van der Waals surface area contributed by atoms with Crippen LogP contribution in [-0.2, 0) is 5.67 Å². The molecule has 0 aliphatic carbocycles. The highest BCUT2D eigenvalue weighted by Crippen LogP contribution is 2.39. The van der Waals surface area contributed by atoms with Crippen LogP contribution < -0.4 is 5.32 Å². The van der Waals surface area contributed by atoms with E-state index in [-0.39, 0.29) is 0 Å². The first kappa shape index (κ1) is 9.44. The maximum atomic E-state index is 14.0. The molecule has 1 heterocycles. The molecule has 4 heteroatoms. The van der Waals surface area contributed by atoms with Crippen LogP contribution >= 0.6 is 27.5 Å². The number of benzene rings is 1. The molecule has 1 aromatic rings. The Kier molecular flexibility index (Phi) is 2.34. The van der Waals surface area contributed by atoms with Crippen molar-refractivity contribution in [2.45, 2.75) is 5.67 Å². The van der Waals surface area contributed by atoms with Gasteiger partial charge in [0, 0.05) is 28.1 Å². The monoisotopic (exact) mass is 263 g/mol. The summed E-state index contributed by atoms with van der Waals surface area (Å²) in [5.74, 6) is 0. The maximum absolute atomic E-state index is 14.0. The van der Waals surface area contributed by atoms with E-state index in [1.54, 1.807) is 18.2 Å². The predicted octanol–water partition coefficient (Wildman–Crippen LogP) is 2.87. The molecule has 0 radical (unpaired) electrons. The van der Waals surface area contributed by atoms with Gasteiger partial charge >= 0.3 is 0 Å². The third kappa shape index (κ3) is 1.49. The van der Waals surface area contributed by atoms with Crippen molar-refractivity contribution in [1.29, 1.82) is 0 Å². The third-order valence-corrected chi connectivity index (χ3v) is 3.20. The summed E-state index contributed by atoms with van der Waals surface area (Å²) in [6.07, 6.45) is 0. The molecule has 1 saturated heterocycles. The normalized spacial score (nSPS) is 19.6. The van der Waals surface area contributed by atoms with E-state index in [1.165, 1.54) is 0 Å². The zero-order chi connectivity index (χ0) is 9.47. The van der Waals surface area contributed by atoms with E-state index < -0.39 is 5.67 Å². The van der Waals surface area contributed by atoms with Gasteiger partial charge in [0.15, 0.2) is 5.67 Å². The lowest BCUT2D eigenvalue weighted by atomic mass is 9.90. The van der Waals surface area contributed by atoms with E-state index in [4.69, 9.17) is 11.6 Å². The minimum Gasteiger partial charge on any atom is -0.310 e. The fourth-order valence-corrected chi connectivity index (χ4v) is 2.63. The number of hydrogen-bond donors (Lipinski definition) is 1. The van der Waals surface area contributed by atoms with Gasteiger partial charge in [-0.3, -0.25) is 0 Å². The van der Waals surface area contributed by atoms with E-state index in [1.807, 2.05) is 0 Å². The third-order valence-electron chi connectivity index (χ3n) is 2.22. The topological polar surface area (TPSA) is 12.0 Å². The fraction of sp³-hybridized carbons (Fsp3) is 0.333. The Labute approximate surface area is 89.4 Å². The molecule has 0 saturated carbocycles. The van der Waals surface area contributed by atoms with Gasteiger partial charge in [-0.25, -0.2) is 4.39 Å². The van der Waals surface area contributed by atoms with Crippen LogP contribution in [0.2, 0.25) is 5.02 Å². The summed E-state index contributed by atoms with van der Waals surface area (Å²) in [7, 11) is 0. The average Bonchev–Trinajstić information content (AvgIpc) is 2.01. The van der Waals surface area contributed by atoms with Crippen molar-refractivity contribution in [3.05, 3.63) is 33.3 Å². The number of halogens is 3. The lowest BCUT2D eigenvalue weighted by Crippen LogP contribution is -2.54. The van der Waals surface area contributed by atoms with Gasteiger partial charge < -0.3 is 5.32 Å². The molecule has 70 valence electrons. The first-order chi connectivity index (χ1) is 6.13. The Hall–Kier alpha value is -0.120. The average molecular weight is 265 g/mol. The highest BCUT2D eigenvalue weighted by molar-refractivity contribution is 9.10. The molecule has 0 aromatic heterocycles. The molecule has 13 heavy (non-hydrogen) atoms. The zero-order valence-electron chi connectivity index (χ0n) is 6.78.